The molecule has 0 aromatic heterocycles. The molecule has 1 aromatic rings. The minimum absolute atomic E-state index is 0. The molecule has 1 unspecified atom stereocenters. The number of nitrogens with two attached hydrogens (primary N) is 1. The quantitative estimate of drug-likeness (QED) is 0.849. The van der Waals surface area contributed by atoms with Crippen LogP contribution in [-0.2, 0) is 4.79 Å². The van der Waals surface area contributed by atoms with E-state index in [1.807, 2.05) is 6.92 Å². The highest BCUT2D eigenvalue weighted by Crippen LogP contribution is 2.28. The smallest absolute Gasteiger partial charge is 0.387 e. The van der Waals surface area contributed by atoms with Gasteiger partial charge < -0.3 is 15.8 Å². The van der Waals surface area contributed by atoms with Gasteiger partial charge in [-0.1, -0.05) is 25.1 Å². The van der Waals surface area contributed by atoms with Crippen molar-refractivity contribution < 1.29 is 18.3 Å². The van der Waals surface area contributed by atoms with E-state index in [0.717, 1.165) is 0 Å². The molecular weight excluding hydrogens is 290 g/mol. The summed E-state index contributed by atoms with van der Waals surface area (Å²) < 4.78 is 29.1. The lowest BCUT2D eigenvalue weighted by Gasteiger charge is -2.21. The summed E-state index contributed by atoms with van der Waals surface area (Å²) in [5.41, 5.74) is 5.99. The summed E-state index contributed by atoms with van der Waals surface area (Å²) in [6, 6.07) is 5.33. The number of benzene rings is 1. The normalized spacial score (nSPS) is 13.3. The molecular formula is C13H19ClF2N2O2. The van der Waals surface area contributed by atoms with Crippen molar-refractivity contribution in [2.45, 2.75) is 39.0 Å². The number of nitrogens with one attached hydrogen (secondary N) is 1. The van der Waals surface area contributed by atoms with Gasteiger partial charge in [0.1, 0.15) is 5.75 Å². The number of ether oxygens (including phenoxy) is 1. The maximum atomic E-state index is 12.3. The molecule has 1 amide bonds. The van der Waals surface area contributed by atoms with E-state index in [4.69, 9.17) is 5.73 Å². The SMILES string of the molecule is CCC(NC(=O)[C@@H](C)N)c1ccccc1OC(F)F.Cl. The molecule has 1 rings (SSSR count). The minimum Gasteiger partial charge on any atom is -0.434 e. The first kappa shape index (κ1) is 18.6. The maximum absolute atomic E-state index is 12.3. The highest BCUT2D eigenvalue weighted by Gasteiger charge is 2.19. The standard InChI is InChI=1S/C13H18F2N2O2.ClH/c1-3-10(17-12(18)8(2)16)9-6-4-5-7-11(9)19-13(14)15;/h4-8,10,13H,3,16H2,1-2H3,(H,17,18);1H/t8-,10?;/m1./s1. The number of hydrogen-bond acceptors (Lipinski definition) is 3. The summed E-state index contributed by atoms with van der Waals surface area (Å²) in [6.07, 6.45) is 0.544. The van der Waals surface area contributed by atoms with Crippen molar-refractivity contribution in [3.05, 3.63) is 29.8 Å². The van der Waals surface area contributed by atoms with Gasteiger partial charge in [0.15, 0.2) is 0 Å². The monoisotopic (exact) mass is 308 g/mol. The number of para-hydroxylation sites is 1. The number of rotatable bonds is 6. The van der Waals surface area contributed by atoms with Crippen LogP contribution in [0.4, 0.5) is 8.78 Å². The van der Waals surface area contributed by atoms with E-state index in [1.165, 1.54) is 6.07 Å². The highest BCUT2D eigenvalue weighted by molar-refractivity contribution is 5.85. The van der Waals surface area contributed by atoms with Crippen LogP contribution >= 0.6 is 12.4 Å². The molecule has 0 radical (unpaired) electrons. The average molecular weight is 309 g/mol. The van der Waals surface area contributed by atoms with Gasteiger partial charge >= 0.3 is 6.61 Å². The van der Waals surface area contributed by atoms with Crippen molar-refractivity contribution in [1.82, 2.24) is 5.32 Å². The Hall–Kier alpha value is -1.40. The van der Waals surface area contributed by atoms with Crippen LogP contribution in [0.1, 0.15) is 31.9 Å². The number of alkyl halides is 2. The molecule has 2 atom stereocenters. The van der Waals surface area contributed by atoms with Crippen LogP contribution in [0.2, 0.25) is 0 Å². The molecule has 0 heterocycles. The Morgan fingerprint density at radius 2 is 2.00 bits per heavy atom. The molecule has 0 aliphatic rings. The van der Waals surface area contributed by atoms with Crippen LogP contribution < -0.4 is 15.8 Å². The number of hydrogen-bond donors (Lipinski definition) is 2. The summed E-state index contributed by atoms with van der Waals surface area (Å²) >= 11 is 0. The predicted octanol–water partition coefficient (Wildman–Crippen LogP) is 2.62. The van der Waals surface area contributed by atoms with Gasteiger partial charge in [0.2, 0.25) is 5.91 Å². The van der Waals surface area contributed by atoms with Gasteiger partial charge in [-0.15, -0.1) is 12.4 Å². The second-order valence-electron chi connectivity index (χ2n) is 4.17. The van der Waals surface area contributed by atoms with Crippen LogP contribution in [-0.4, -0.2) is 18.6 Å². The first-order valence-corrected chi connectivity index (χ1v) is 6.05. The zero-order valence-corrected chi connectivity index (χ0v) is 12.1. The van der Waals surface area contributed by atoms with Crippen molar-refractivity contribution in [2.75, 3.05) is 0 Å². The third-order valence-corrected chi connectivity index (χ3v) is 2.65. The first-order chi connectivity index (χ1) is 8.95. The second-order valence-corrected chi connectivity index (χ2v) is 4.17. The van der Waals surface area contributed by atoms with Crippen LogP contribution in [0, 0.1) is 0 Å². The summed E-state index contributed by atoms with van der Waals surface area (Å²) in [4.78, 5) is 11.6. The Labute approximate surface area is 123 Å². The molecule has 0 aliphatic heterocycles. The largest absolute Gasteiger partial charge is 0.434 e. The van der Waals surface area contributed by atoms with Gasteiger partial charge in [-0.2, -0.15) is 8.78 Å². The summed E-state index contributed by atoms with van der Waals surface area (Å²) in [5, 5.41) is 2.71. The van der Waals surface area contributed by atoms with Gasteiger partial charge in [-0.25, -0.2) is 0 Å². The van der Waals surface area contributed by atoms with Gasteiger partial charge in [0.25, 0.3) is 0 Å². The fraction of sp³-hybridized carbons (Fsp3) is 0.462. The molecule has 0 aliphatic carbocycles. The Morgan fingerprint density at radius 3 is 2.50 bits per heavy atom. The molecule has 1 aromatic carbocycles. The zero-order valence-electron chi connectivity index (χ0n) is 11.3. The zero-order chi connectivity index (χ0) is 14.4. The van der Waals surface area contributed by atoms with E-state index in [9.17, 15) is 13.6 Å². The average Bonchev–Trinajstić information content (AvgIpc) is 2.35. The topological polar surface area (TPSA) is 64.4 Å². The lowest BCUT2D eigenvalue weighted by atomic mass is 10.0. The Bertz CT molecular complexity index is 431. The lowest BCUT2D eigenvalue weighted by molar-refractivity contribution is -0.122. The molecule has 3 N–H and O–H groups in total. The third kappa shape index (κ3) is 5.30. The van der Waals surface area contributed by atoms with Crippen molar-refractivity contribution >= 4 is 18.3 Å². The van der Waals surface area contributed by atoms with Crippen LogP contribution in [0.25, 0.3) is 0 Å². The van der Waals surface area contributed by atoms with Crippen LogP contribution in [0.15, 0.2) is 24.3 Å². The fourth-order valence-corrected chi connectivity index (χ4v) is 1.67. The summed E-state index contributed by atoms with van der Waals surface area (Å²) in [5.74, 6) is -0.270. The number of carbonyl (C=O) groups excluding carboxylic acids is 1. The van der Waals surface area contributed by atoms with Crippen molar-refractivity contribution in [3.63, 3.8) is 0 Å². The fourth-order valence-electron chi connectivity index (χ4n) is 1.67. The van der Waals surface area contributed by atoms with Gasteiger partial charge in [-0.05, 0) is 19.4 Å². The number of amides is 1. The van der Waals surface area contributed by atoms with Gasteiger partial charge in [0, 0.05) is 5.56 Å². The van der Waals surface area contributed by atoms with Crippen molar-refractivity contribution in [1.29, 1.82) is 0 Å². The lowest BCUT2D eigenvalue weighted by Crippen LogP contribution is -2.40. The van der Waals surface area contributed by atoms with E-state index in [0.29, 0.717) is 12.0 Å². The van der Waals surface area contributed by atoms with E-state index in [-0.39, 0.29) is 24.1 Å². The van der Waals surface area contributed by atoms with Crippen molar-refractivity contribution in [2.24, 2.45) is 5.73 Å². The Morgan fingerprint density at radius 1 is 1.40 bits per heavy atom. The second kappa shape index (κ2) is 8.71. The summed E-state index contributed by atoms with van der Waals surface area (Å²) in [6.45, 7) is 0.498. The molecule has 0 bridgehead atoms. The molecule has 20 heavy (non-hydrogen) atoms. The Balaban J connectivity index is 0.00000361. The predicted molar refractivity (Wildman–Crippen MR) is 75.1 cm³/mol. The number of halogens is 3. The van der Waals surface area contributed by atoms with Crippen LogP contribution in [0.3, 0.4) is 0 Å². The van der Waals surface area contributed by atoms with Gasteiger partial charge in [-0.3, -0.25) is 4.79 Å². The van der Waals surface area contributed by atoms with E-state index in [1.54, 1.807) is 25.1 Å². The molecule has 0 fully saturated rings. The molecule has 114 valence electrons. The van der Waals surface area contributed by atoms with Crippen molar-refractivity contribution in [3.8, 4) is 5.75 Å². The molecule has 4 nitrogen and oxygen atoms in total. The molecule has 0 saturated heterocycles. The van der Waals surface area contributed by atoms with Crippen LogP contribution in [0.5, 0.6) is 5.75 Å². The Kier molecular flexibility index (Phi) is 8.10. The molecule has 0 saturated carbocycles. The van der Waals surface area contributed by atoms with E-state index >= 15 is 0 Å². The number of carbonyl (C=O) groups is 1. The van der Waals surface area contributed by atoms with E-state index < -0.39 is 18.7 Å². The third-order valence-electron chi connectivity index (χ3n) is 2.65. The van der Waals surface area contributed by atoms with Gasteiger partial charge in [0.05, 0.1) is 12.1 Å². The minimum atomic E-state index is -2.90. The molecule has 0 spiro atoms. The summed E-state index contributed by atoms with van der Waals surface area (Å²) in [7, 11) is 0. The maximum Gasteiger partial charge on any atom is 0.387 e. The highest BCUT2D eigenvalue weighted by atomic mass is 35.5. The molecule has 7 heteroatoms. The van der Waals surface area contributed by atoms with E-state index in [2.05, 4.69) is 10.1 Å². The first-order valence-electron chi connectivity index (χ1n) is 6.05.